The number of rotatable bonds is 4. The Morgan fingerprint density at radius 2 is 1.00 bits per heavy atom. The summed E-state index contributed by atoms with van der Waals surface area (Å²) in [4.78, 5) is 18.6. The molecule has 2 aromatic heterocycles. The summed E-state index contributed by atoms with van der Waals surface area (Å²) in [6, 6.07) is 25.3. The van der Waals surface area contributed by atoms with Gasteiger partial charge in [0.05, 0.1) is 0 Å². The lowest BCUT2D eigenvalue weighted by Crippen LogP contribution is -2.32. The number of fused-ring (bicyclic) bond motifs is 2. The molecule has 0 bridgehead atoms. The molecule has 0 saturated heterocycles. The first-order chi connectivity index (χ1) is 15.0. The Labute approximate surface area is 181 Å². The van der Waals surface area contributed by atoms with Crippen molar-refractivity contribution in [1.29, 1.82) is 0 Å². The third-order valence-corrected chi connectivity index (χ3v) is 4.55. The van der Waals surface area contributed by atoms with Gasteiger partial charge in [0.15, 0.2) is 12.4 Å². The minimum atomic E-state index is -1.63. The molecule has 0 saturated carbocycles. The van der Waals surface area contributed by atoms with E-state index >= 15 is 0 Å². The average molecular weight is 418 g/mol. The molecule has 0 aliphatic heterocycles. The van der Waals surface area contributed by atoms with E-state index in [1.165, 1.54) is 21.8 Å². The number of benzene rings is 2. The minimum absolute atomic E-state index is 1.03. The van der Waals surface area contributed by atoms with Gasteiger partial charge in [0.25, 0.3) is 0 Å². The Balaban J connectivity index is 0.000000173. The standard InChI is InChI=1S/2C11H12N.C3H4O4/c2*1-2-12-9-5-7-10-6-3-4-8-11(10)12;4-2(5)1-3(6)7/h2*3-9H,2H2,1H3;1H2,(H,4,5)(H,6,7)/q2*+1;/p-2. The Hall–Kier alpha value is -3.80. The summed E-state index contributed by atoms with van der Waals surface area (Å²) in [6.07, 6.45) is 3.20. The van der Waals surface area contributed by atoms with Crippen molar-refractivity contribution >= 4 is 33.7 Å². The zero-order valence-electron chi connectivity index (χ0n) is 17.7. The van der Waals surface area contributed by atoms with E-state index in [0.717, 1.165) is 13.1 Å². The molecule has 4 aromatic rings. The van der Waals surface area contributed by atoms with Crippen LogP contribution in [0.5, 0.6) is 0 Å². The van der Waals surface area contributed by atoms with E-state index in [2.05, 4.69) is 108 Å². The third-order valence-electron chi connectivity index (χ3n) is 4.55. The van der Waals surface area contributed by atoms with Gasteiger partial charge in [-0.1, -0.05) is 24.3 Å². The number of para-hydroxylation sites is 2. The van der Waals surface area contributed by atoms with Gasteiger partial charge in [-0.15, -0.1) is 0 Å². The van der Waals surface area contributed by atoms with Crippen LogP contribution in [0.25, 0.3) is 21.8 Å². The van der Waals surface area contributed by atoms with E-state index in [-0.39, 0.29) is 0 Å². The van der Waals surface area contributed by atoms with Crippen molar-refractivity contribution in [3.63, 3.8) is 0 Å². The molecule has 0 aliphatic rings. The zero-order chi connectivity index (χ0) is 22.6. The van der Waals surface area contributed by atoms with Gasteiger partial charge in [-0.3, -0.25) is 0 Å². The smallest absolute Gasteiger partial charge is 0.212 e. The molecule has 0 atom stereocenters. The van der Waals surface area contributed by atoms with E-state index in [4.69, 9.17) is 0 Å². The number of carboxylic acids is 2. The largest absolute Gasteiger partial charge is 0.550 e. The molecule has 0 unspecified atom stereocenters. The van der Waals surface area contributed by atoms with Gasteiger partial charge in [0.1, 0.15) is 13.1 Å². The van der Waals surface area contributed by atoms with Crippen LogP contribution >= 0.6 is 0 Å². The van der Waals surface area contributed by atoms with E-state index in [9.17, 15) is 19.8 Å². The predicted molar refractivity (Wildman–Crippen MR) is 114 cm³/mol. The number of carbonyl (C=O) groups is 2. The summed E-state index contributed by atoms with van der Waals surface area (Å²) in [5.41, 5.74) is 2.62. The molecule has 0 aliphatic carbocycles. The lowest BCUT2D eigenvalue weighted by Gasteiger charge is -1.99. The molecule has 0 spiro atoms. The van der Waals surface area contributed by atoms with Crippen LogP contribution in [-0.4, -0.2) is 11.9 Å². The first-order valence-corrected chi connectivity index (χ1v) is 10.1. The van der Waals surface area contributed by atoms with Gasteiger partial charge in [-0.25, -0.2) is 0 Å². The number of carbonyl (C=O) groups excluding carboxylic acids is 2. The summed E-state index contributed by atoms with van der Waals surface area (Å²) in [5, 5.41) is 21.2. The maximum Gasteiger partial charge on any atom is 0.212 e. The lowest BCUT2D eigenvalue weighted by atomic mass is 10.2. The molecule has 0 fully saturated rings. The first-order valence-electron chi connectivity index (χ1n) is 10.1. The van der Waals surface area contributed by atoms with Crippen LogP contribution in [0, 0.1) is 0 Å². The molecule has 2 aromatic carbocycles. The van der Waals surface area contributed by atoms with Crippen molar-refractivity contribution in [3.05, 3.63) is 85.2 Å². The predicted octanol–water partition coefficient (Wildman–Crippen LogP) is 1.17. The second kappa shape index (κ2) is 12.0. The Morgan fingerprint density at radius 3 is 1.32 bits per heavy atom. The second-order valence-electron chi connectivity index (χ2n) is 6.63. The monoisotopic (exact) mass is 418 g/mol. The number of aryl methyl sites for hydroxylation is 2. The van der Waals surface area contributed by atoms with Crippen molar-refractivity contribution in [2.75, 3.05) is 0 Å². The number of carboxylic acid groups (broad SMARTS) is 2. The van der Waals surface area contributed by atoms with Crippen LogP contribution in [0.4, 0.5) is 0 Å². The topological polar surface area (TPSA) is 88.0 Å². The van der Waals surface area contributed by atoms with Crippen molar-refractivity contribution in [1.82, 2.24) is 0 Å². The van der Waals surface area contributed by atoms with Crippen LogP contribution < -0.4 is 19.3 Å². The van der Waals surface area contributed by atoms with E-state index < -0.39 is 18.4 Å². The van der Waals surface area contributed by atoms with Crippen molar-refractivity contribution in [2.24, 2.45) is 0 Å². The normalized spacial score (nSPS) is 9.87. The number of pyridine rings is 2. The fraction of sp³-hybridized carbons (Fsp3) is 0.200. The van der Waals surface area contributed by atoms with Crippen LogP contribution in [-0.2, 0) is 22.7 Å². The first kappa shape index (κ1) is 23.5. The van der Waals surface area contributed by atoms with E-state index in [1.807, 2.05) is 0 Å². The minimum Gasteiger partial charge on any atom is -0.550 e. The SMILES string of the molecule is CC[n+]1cccc2ccccc21.CC[n+]1cccc2ccccc21.O=C([O-])CC(=O)[O-]. The van der Waals surface area contributed by atoms with E-state index in [1.54, 1.807) is 0 Å². The van der Waals surface area contributed by atoms with Crippen molar-refractivity contribution < 1.29 is 28.9 Å². The molecule has 31 heavy (non-hydrogen) atoms. The molecule has 6 heteroatoms. The molecular weight excluding hydrogens is 392 g/mol. The third kappa shape index (κ3) is 7.19. The van der Waals surface area contributed by atoms with Gasteiger partial charge in [-0.2, -0.15) is 9.13 Å². The fourth-order valence-corrected chi connectivity index (χ4v) is 3.11. The summed E-state index contributed by atoms with van der Waals surface area (Å²) in [7, 11) is 0. The highest BCUT2D eigenvalue weighted by atomic mass is 16.4. The number of aromatic nitrogens is 2. The second-order valence-corrected chi connectivity index (χ2v) is 6.63. The fourth-order valence-electron chi connectivity index (χ4n) is 3.11. The highest BCUT2D eigenvalue weighted by Gasteiger charge is 2.03. The maximum atomic E-state index is 9.28. The number of nitrogens with zero attached hydrogens (tertiary/aromatic N) is 2. The Kier molecular flexibility index (Phi) is 9.11. The number of hydrogen-bond acceptors (Lipinski definition) is 4. The molecular formula is C25H26N2O4. The van der Waals surface area contributed by atoms with Crippen LogP contribution in [0.2, 0.25) is 0 Å². The average Bonchev–Trinajstić information content (AvgIpc) is 2.78. The van der Waals surface area contributed by atoms with Crippen LogP contribution in [0.15, 0.2) is 85.2 Å². The Morgan fingerprint density at radius 1 is 0.645 bits per heavy atom. The molecule has 6 nitrogen and oxygen atoms in total. The number of hydrogen-bond donors (Lipinski definition) is 0. The molecule has 4 rings (SSSR count). The zero-order valence-corrected chi connectivity index (χ0v) is 17.7. The number of aliphatic carboxylic acids is 2. The van der Waals surface area contributed by atoms with Crippen LogP contribution in [0.3, 0.4) is 0 Å². The highest BCUT2D eigenvalue weighted by Crippen LogP contribution is 2.08. The van der Waals surface area contributed by atoms with Gasteiger partial charge in [-0.05, 0) is 38.1 Å². The summed E-state index contributed by atoms with van der Waals surface area (Å²) < 4.78 is 4.49. The molecule has 0 amide bonds. The molecule has 2 heterocycles. The van der Waals surface area contributed by atoms with Crippen LogP contribution in [0.1, 0.15) is 20.3 Å². The summed E-state index contributed by atoms with van der Waals surface area (Å²) >= 11 is 0. The Bertz CT molecular complexity index is 1060. The molecule has 0 N–H and O–H groups in total. The molecule has 0 radical (unpaired) electrons. The van der Waals surface area contributed by atoms with Gasteiger partial charge < -0.3 is 19.8 Å². The van der Waals surface area contributed by atoms with Gasteiger partial charge in [0, 0.05) is 53.4 Å². The summed E-state index contributed by atoms with van der Waals surface area (Å²) in [5.74, 6) is -3.25. The highest BCUT2D eigenvalue weighted by molar-refractivity contribution is 5.86. The summed E-state index contributed by atoms with van der Waals surface area (Å²) in [6.45, 7) is 6.38. The van der Waals surface area contributed by atoms with Crippen molar-refractivity contribution in [2.45, 2.75) is 33.4 Å². The van der Waals surface area contributed by atoms with Gasteiger partial charge >= 0.3 is 0 Å². The maximum absolute atomic E-state index is 9.28. The van der Waals surface area contributed by atoms with Crippen molar-refractivity contribution in [3.8, 4) is 0 Å². The quantitative estimate of drug-likeness (QED) is 0.368. The van der Waals surface area contributed by atoms with Gasteiger partial charge in [0.2, 0.25) is 11.0 Å². The lowest BCUT2D eigenvalue weighted by molar-refractivity contribution is -0.668. The molecule has 160 valence electrons. The van der Waals surface area contributed by atoms with E-state index in [0.29, 0.717) is 0 Å².